The molecule has 1 heterocycles. The maximum absolute atomic E-state index is 13.4. The first-order valence-electron chi connectivity index (χ1n) is 6.56. The predicted molar refractivity (Wildman–Crippen MR) is 67.7 cm³/mol. The summed E-state index contributed by atoms with van der Waals surface area (Å²) in [5.41, 5.74) is 0. The third kappa shape index (κ3) is 3.22. The molecule has 0 saturated heterocycles. The molecule has 1 aromatic heterocycles. The fourth-order valence-electron chi connectivity index (χ4n) is 1.92. The second-order valence-corrected chi connectivity index (χ2v) is 8.95. The predicted octanol–water partition coefficient (Wildman–Crippen LogP) is 2.19. The van der Waals surface area contributed by atoms with Crippen molar-refractivity contribution in [3.05, 3.63) is 6.20 Å². The zero-order valence-corrected chi connectivity index (χ0v) is 15.0. The molecule has 0 aliphatic rings. The summed E-state index contributed by atoms with van der Waals surface area (Å²) in [6, 6.07) is 0. The minimum atomic E-state index is -6.81. The highest BCUT2D eigenvalue weighted by Crippen LogP contribution is 2.45. The normalized spacial score (nSPS) is 15.1. The third-order valence-electron chi connectivity index (χ3n) is 3.32. The summed E-state index contributed by atoms with van der Waals surface area (Å²) >= 11 is 0. The smallest absolute Gasteiger partial charge is 0.219 e. The van der Waals surface area contributed by atoms with Gasteiger partial charge in [0, 0.05) is 0 Å². The van der Waals surface area contributed by atoms with Gasteiger partial charge in [-0.25, -0.2) is 26.0 Å². The van der Waals surface area contributed by atoms with Gasteiger partial charge in [0.25, 0.3) is 14.9 Å². The van der Waals surface area contributed by atoms with E-state index in [1.807, 2.05) is 0 Å². The number of halogens is 10. The van der Waals surface area contributed by atoms with Crippen LogP contribution in [-0.4, -0.2) is 44.3 Å². The molecule has 0 bridgehead atoms. The number of nitrogens with zero attached hydrogens (tertiary/aromatic N) is 2. The van der Waals surface area contributed by atoms with Gasteiger partial charge in [-0.3, -0.25) is 0 Å². The quantitative estimate of drug-likeness (QED) is 0.484. The van der Waals surface area contributed by atoms with E-state index in [9.17, 15) is 60.7 Å². The first kappa shape index (κ1) is 24.4. The Morgan fingerprint density at radius 3 is 1.50 bits per heavy atom. The summed E-state index contributed by atoms with van der Waals surface area (Å²) in [7, 11) is -13.5. The molecule has 0 aliphatic carbocycles. The molecule has 0 saturated carbocycles. The Morgan fingerprint density at radius 1 is 0.821 bits per heavy atom. The van der Waals surface area contributed by atoms with E-state index < -0.39 is 63.8 Å². The van der Waals surface area contributed by atoms with Gasteiger partial charge in [0.15, 0.2) is 6.20 Å². The third-order valence-corrected chi connectivity index (χ3v) is 7.05. The van der Waals surface area contributed by atoms with Crippen LogP contribution in [0.2, 0.25) is 0 Å². The molecule has 0 aromatic carbocycles. The van der Waals surface area contributed by atoms with Crippen LogP contribution in [0.4, 0.5) is 43.9 Å². The Morgan fingerprint density at radius 2 is 1.18 bits per heavy atom. The molecule has 0 amide bonds. The Labute approximate surface area is 150 Å². The van der Waals surface area contributed by atoms with E-state index in [0.717, 1.165) is 6.92 Å². The van der Waals surface area contributed by atoms with Crippen molar-refractivity contribution in [2.45, 2.75) is 46.5 Å². The second-order valence-electron chi connectivity index (χ2n) is 5.13. The zero-order chi connectivity index (χ0) is 22.7. The minimum Gasteiger partial charge on any atom is -0.219 e. The van der Waals surface area contributed by atoms with E-state index in [2.05, 4.69) is 0 Å². The molecule has 164 valence electrons. The first-order chi connectivity index (χ1) is 12.1. The lowest BCUT2D eigenvalue weighted by Gasteiger charge is -2.19. The molecule has 1 rings (SSSR count). The Hall–Kier alpha value is -1.59. The van der Waals surface area contributed by atoms with Crippen molar-refractivity contribution in [3.8, 4) is 0 Å². The van der Waals surface area contributed by atoms with Crippen molar-refractivity contribution in [2.75, 3.05) is 0 Å². The average molecular weight is 475 g/mol. The van der Waals surface area contributed by atoms with Crippen molar-refractivity contribution in [1.82, 2.24) is 4.57 Å². The molecule has 0 N–H and O–H groups in total. The van der Waals surface area contributed by atoms with Gasteiger partial charge in [0.1, 0.15) is 0 Å². The van der Waals surface area contributed by atoms with Crippen LogP contribution in [0.1, 0.15) is 6.92 Å². The molecule has 28 heavy (non-hydrogen) atoms. The monoisotopic (exact) mass is 475 g/mol. The fourth-order valence-corrected chi connectivity index (χ4v) is 4.75. The van der Waals surface area contributed by atoms with E-state index >= 15 is 0 Å². The molecule has 0 radical (unpaired) electrons. The standard InChI is InChI=1S/C10H9F10N2O4S2/c1-3-22-4-5(27(23,24)9(17,18)7(11,12)13)21(2)6(22)28(25,26)10(19,20)8(14,15)16/h4H,3H2,1-2H3/q+1. The highest BCUT2D eigenvalue weighted by atomic mass is 32.2. The number of hydrogen-bond donors (Lipinski definition) is 0. The molecule has 0 aliphatic heterocycles. The van der Waals surface area contributed by atoms with Crippen LogP contribution in [0.5, 0.6) is 0 Å². The lowest BCUT2D eigenvalue weighted by Crippen LogP contribution is -2.49. The largest absolute Gasteiger partial charge is 0.470 e. The number of imidazole rings is 1. The summed E-state index contributed by atoms with van der Waals surface area (Å²) in [6.07, 6.45) is -13.6. The van der Waals surface area contributed by atoms with Crippen molar-refractivity contribution in [2.24, 2.45) is 7.05 Å². The van der Waals surface area contributed by atoms with Crippen LogP contribution in [0.3, 0.4) is 0 Å². The van der Waals surface area contributed by atoms with E-state index in [1.165, 1.54) is 0 Å². The second kappa shape index (κ2) is 6.46. The van der Waals surface area contributed by atoms with Crippen molar-refractivity contribution >= 4 is 19.7 Å². The molecule has 0 atom stereocenters. The number of aryl methyl sites for hydroxylation is 1. The van der Waals surface area contributed by atoms with Gasteiger partial charge in [-0.1, -0.05) is 0 Å². The van der Waals surface area contributed by atoms with E-state index in [0.29, 0.717) is 0 Å². The number of sulfone groups is 2. The lowest BCUT2D eigenvalue weighted by atomic mass is 10.7. The minimum absolute atomic E-state index is 0.130. The number of alkyl halides is 10. The summed E-state index contributed by atoms with van der Waals surface area (Å²) in [5, 5.41) is -17.3. The van der Waals surface area contributed by atoms with Crippen molar-refractivity contribution < 1.29 is 65.3 Å². The molecule has 0 fully saturated rings. The molecular formula is C10H9F10N2O4S2+. The summed E-state index contributed by atoms with van der Waals surface area (Å²) in [5.74, 6) is 0. The summed E-state index contributed by atoms with van der Waals surface area (Å²) < 4.78 is 174. The number of aromatic nitrogens is 2. The average Bonchev–Trinajstić information content (AvgIpc) is 2.82. The summed E-state index contributed by atoms with van der Waals surface area (Å²) in [4.78, 5) is 0. The van der Waals surface area contributed by atoms with Crippen LogP contribution >= 0.6 is 0 Å². The van der Waals surface area contributed by atoms with Gasteiger partial charge in [-0.05, 0) is 6.92 Å². The molecule has 6 nitrogen and oxygen atoms in total. The molecule has 1 aromatic rings. The SMILES string of the molecule is CC[n+]1cc(S(=O)(=O)C(F)(F)C(F)(F)F)n(C)c1S(=O)(=O)C(F)(F)C(F)(F)F. The van der Waals surface area contributed by atoms with E-state index in [-0.39, 0.29) is 17.8 Å². The van der Waals surface area contributed by atoms with Crippen LogP contribution in [0.15, 0.2) is 16.4 Å². The van der Waals surface area contributed by atoms with E-state index in [4.69, 9.17) is 0 Å². The maximum Gasteiger partial charge on any atom is 0.470 e. The highest BCUT2D eigenvalue weighted by Gasteiger charge is 2.72. The molecule has 0 spiro atoms. The van der Waals surface area contributed by atoms with Crippen molar-refractivity contribution in [1.29, 1.82) is 0 Å². The van der Waals surface area contributed by atoms with Crippen LogP contribution in [0, 0.1) is 0 Å². The van der Waals surface area contributed by atoms with Gasteiger partial charge < -0.3 is 0 Å². The molecular weight excluding hydrogens is 466 g/mol. The first-order valence-corrected chi connectivity index (χ1v) is 9.53. The van der Waals surface area contributed by atoms with Crippen LogP contribution < -0.4 is 4.57 Å². The van der Waals surface area contributed by atoms with Gasteiger partial charge >= 0.3 is 37.9 Å². The van der Waals surface area contributed by atoms with Gasteiger partial charge in [-0.2, -0.15) is 43.9 Å². The Kier molecular flexibility index (Phi) is 5.64. The molecule has 0 unspecified atom stereocenters. The Balaban J connectivity index is 3.93. The maximum atomic E-state index is 13.4. The van der Waals surface area contributed by atoms with Gasteiger partial charge in [0.05, 0.1) is 13.6 Å². The summed E-state index contributed by atoms with van der Waals surface area (Å²) in [6.45, 7) is 0.00645. The Bertz CT molecular complexity index is 973. The fraction of sp³-hybridized carbons (Fsp3) is 0.700. The topological polar surface area (TPSA) is 77.1 Å². The van der Waals surface area contributed by atoms with E-state index in [1.54, 1.807) is 0 Å². The number of hydrogen-bond acceptors (Lipinski definition) is 4. The van der Waals surface area contributed by atoms with Gasteiger partial charge in [0.2, 0.25) is 0 Å². The van der Waals surface area contributed by atoms with Gasteiger partial charge in [-0.15, -0.1) is 0 Å². The lowest BCUT2D eigenvalue weighted by molar-refractivity contribution is -0.731. The molecule has 18 heteroatoms. The number of rotatable bonds is 5. The van der Waals surface area contributed by atoms with Crippen LogP contribution in [-0.2, 0) is 33.3 Å². The zero-order valence-electron chi connectivity index (χ0n) is 13.4. The van der Waals surface area contributed by atoms with Crippen LogP contribution in [0.25, 0.3) is 0 Å². The highest BCUT2D eigenvalue weighted by molar-refractivity contribution is 7.93. The van der Waals surface area contributed by atoms with Crippen molar-refractivity contribution in [3.63, 3.8) is 0 Å².